The third-order valence-electron chi connectivity index (χ3n) is 6.07. The summed E-state index contributed by atoms with van der Waals surface area (Å²) >= 11 is 0. The minimum atomic E-state index is -0.383. The van der Waals surface area contributed by atoms with Crippen molar-refractivity contribution in [3.05, 3.63) is 77.9 Å². The number of hydrogen-bond acceptors (Lipinski definition) is 3. The summed E-state index contributed by atoms with van der Waals surface area (Å²) in [5.41, 5.74) is 3.23. The number of fused-ring (bicyclic) bond motifs is 1. The van der Waals surface area contributed by atoms with E-state index in [2.05, 4.69) is 72.4 Å². The molecule has 4 rings (SSSR count). The van der Waals surface area contributed by atoms with Crippen LogP contribution in [0.4, 0.5) is 0 Å². The van der Waals surface area contributed by atoms with Crippen LogP contribution in [-0.2, 0) is 5.54 Å². The smallest absolute Gasteiger partial charge is 0.0718 e. The fraction of sp³-hybridized carbons (Fsp3) is 0.364. The molecule has 2 heterocycles. The molecule has 3 nitrogen and oxygen atoms in total. The maximum absolute atomic E-state index is 10.5. The van der Waals surface area contributed by atoms with Gasteiger partial charge in [-0.05, 0) is 29.7 Å². The van der Waals surface area contributed by atoms with Crippen molar-refractivity contribution in [1.29, 1.82) is 0 Å². The second-order valence-corrected chi connectivity index (χ2v) is 7.48. The predicted octanol–water partition coefficient (Wildman–Crippen LogP) is 3.04. The first-order valence-electron chi connectivity index (χ1n) is 9.03. The zero-order valence-electron chi connectivity index (χ0n) is 14.7. The molecule has 4 atom stereocenters. The van der Waals surface area contributed by atoms with E-state index in [0.29, 0.717) is 11.8 Å². The second-order valence-electron chi connectivity index (χ2n) is 7.48. The standard InChI is InChI=1S/C22H26N2O/c1-3-16-8-7-9-17(12-16)21-19-13-24(2)14-20(19)22(15-25,23-21)18-10-5-4-6-11-18/h3-12,19-21,23,25H,1,13-15H2,2H3/t19-,20+,21-,22-/m1/s1. The molecule has 130 valence electrons. The van der Waals surface area contributed by atoms with E-state index in [4.69, 9.17) is 0 Å². The first-order chi connectivity index (χ1) is 12.2. The lowest BCUT2D eigenvalue weighted by Crippen LogP contribution is -2.47. The highest BCUT2D eigenvalue weighted by Gasteiger charge is 2.56. The topological polar surface area (TPSA) is 35.5 Å². The Morgan fingerprint density at radius 2 is 2.00 bits per heavy atom. The van der Waals surface area contributed by atoms with Crippen LogP contribution in [0, 0.1) is 11.8 Å². The Bertz CT molecular complexity index is 760. The Morgan fingerprint density at radius 1 is 1.20 bits per heavy atom. The van der Waals surface area contributed by atoms with Crippen LogP contribution >= 0.6 is 0 Å². The lowest BCUT2D eigenvalue weighted by Gasteiger charge is -2.35. The summed E-state index contributed by atoms with van der Waals surface area (Å²) in [5.74, 6) is 0.875. The van der Waals surface area contributed by atoms with Crippen LogP contribution in [0.2, 0.25) is 0 Å². The molecular weight excluding hydrogens is 308 g/mol. The highest BCUT2D eigenvalue weighted by molar-refractivity contribution is 5.49. The average Bonchev–Trinajstić information content (AvgIpc) is 3.19. The lowest BCUT2D eigenvalue weighted by atomic mass is 9.76. The van der Waals surface area contributed by atoms with Crippen molar-refractivity contribution in [2.24, 2.45) is 11.8 Å². The van der Waals surface area contributed by atoms with Gasteiger partial charge in [-0.25, -0.2) is 0 Å². The van der Waals surface area contributed by atoms with Crippen molar-refractivity contribution < 1.29 is 5.11 Å². The summed E-state index contributed by atoms with van der Waals surface area (Å²) in [4.78, 5) is 2.40. The van der Waals surface area contributed by atoms with Gasteiger partial charge < -0.3 is 10.0 Å². The molecule has 0 saturated carbocycles. The predicted molar refractivity (Wildman–Crippen MR) is 102 cm³/mol. The molecule has 0 aromatic heterocycles. The van der Waals surface area contributed by atoms with Crippen molar-refractivity contribution in [3.8, 4) is 0 Å². The summed E-state index contributed by atoms with van der Waals surface area (Å²) in [6, 6.07) is 19.3. The Labute approximate surface area is 150 Å². The molecule has 0 unspecified atom stereocenters. The van der Waals surface area contributed by atoms with Crippen LogP contribution < -0.4 is 5.32 Å². The van der Waals surface area contributed by atoms with Gasteiger partial charge in [0, 0.05) is 25.0 Å². The maximum Gasteiger partial charge on any atom is 0.0718 e. The summed E-state index contributed by atoms with van der Waals surface area (Å²) < 4.78 is 0. The molecule has 0 amide bonds. The van der Waals surface area contributed by atoms with E-state index < -0.39 is 0 Å². The molecule has 2 fully saturated rings. The third kappa shape index (κ3) is 2.63. The second kappa shape index (κ2) is 6.41. The highest BCUT2D eigenvalue weighted by atomic mass is 16.3. The normalized spacial score (nSPS) is 31.8. The Kier molecular flexibility index (Phi) is 4.24. The molecule has 3 heteroatoms. The molecule has 25 heavy (non-hydrogen) atoms. The fourth-order valence-corrected chi connectivity index (χ4v) is 4.88. The summed E-state index contributed by atoms with van der Waals surface area (Å²) in [6.45, 7) is 6.07. The molecule has 2 aliphatic rings. The zero-order chi connectivity index (χ0) is 17.4. The van der Waals surface area contributed by atoms with Crippen molar-refractivity contribution in [3.63, 3.8) is 0 Å². The van der Waals surface area contributed by atoms with Crippen LogP contribution in [0.25, 0.3) is 6.08 Å². The van der Waals surface area contributed by atoms with Gasteiger partial charge in [-0.3, -0.25) is 5.32 Å². The van der Waals surface area contributed by atoms with Gasteiger partial charge in [0.05, 0.1) is 12.1 Å². The largest absolute Gasteiger partial charge is 0.394 e. The number of nitrogens with one attached hydrogen (secondary N) is 1. The van der Waals surface area contributed by atoms with Gasteiger partial charge in [-0.15, -0.1) is 0 Å². The number of aliphatic hydroxyl groups is 1. The van der Waals surface area contributed by atoms with E-state index in [1.165, 1.54) is 11.1 Å². The van der Waals surface area contributed by atoms with E-state index in [9.17, 15) is 5.11 Å². The molecule has 0 radical (unpaired) electrons. The van der Waals surface area contributed by atoms with Gasteiger partial charge in [-0.2, -0.15) is 0 Å². The SMILES string of the molecule is C=Cc1cccc([C@H]2N[C@](CO)(c3ccccc3)[C@H]3CN(C)C[C@@H]23)c1. The number of benzene rings is 2. The molecule has 2 aliphatic heterocycles. The van der Waals surface area contributed by atoms with Crippen LogP contribution in [0.3, 0.4) is 0 Å². The zero-order valence-corrected chi connectivity index (χ0v) is 14.7. The van der Waals surface area contributed by atoms with E-state index in [-0.39, 0.29) is 18.2 Å². The number of hydrogen-bond donors (Lipinski definition) is 2. The maximum atomic E-state index is 10.5. The Hall–Kier alpha value is -1.94. The fourth-order valence-electron chi connectivity index (χ4n) is 4.88. The van der Waals surface area contributed by atoms with Gasteiger partial charge in [0.1, 0.15) is 0 Å². The molecule has 2 saturated heterocycles. The Morgan fingerprint density at radius 3 is 2.72 bits per heavy atom. The monoisotopic (exact) mass is 334 g/mol. The molecule has 0 spiro atoms. The van der Waals surface area contributed by atoms with Crippen molar-refractivity contribution in [2.45, 2.75) is 11.6 Å². The van der Waals surface area contributed by atoms with Gasteiger partial charge in [-0.1, -0.05) is 67.3 Å². The lowest BCUT2D eigenvalue weighted by molar-refractivity contribution is 0.129. The number of rotatable bonds is 4. The summed E-state index contributed by atoms with van der Waals surface area (Å²) in [7, 11) is 2.18. The minimum Gasteiger partial charge on any atom is -0.394 e. The van der Waals surface area contributed by atoms with Gasteiger partial charge in [0.25, 0.3) is 0 Å². The molecule has 2 aromatic carbocycles. The molecule has 2 aromatic rings. The van der Waals surface area contributed by atoms with E-state index >= 15 is 0 Å². The van der Waals surface area contributed by atoms with E-state index in [1.54, 1.807) is 0 Å². The average molecular weight is 334 g/mol. The molecule has 0 aliphatic carbocycles. The first-order valence-corrected chi connectivity index (χ1v) is 9.03. The van der Waals surface area contributed by atoms with Crippen molar-refractivity contribution in [2.75, 3.05) is 26.7 Å². The number of nitrogens with zero attached hydrogens (tertiary/aromatic N) is 1. The highest BCUT2D eigenvalue weighted by Crippen LogP contribution is 2.51. The summed E-state index contributed by atoms with van der Waals surface area (Å²) in [6.07, 6.45) is 1.90. The van der Waals surface area contributed by atoms with Gasteiger partial charge in [0.2, 0.25) is 0 Å². The Balaban J connectivity index is 1.79. The summed E-state index contributed by atoms with van der Waals surface area (Å²) in [5, 5.41) is 14.3. The van der Waals surface area contributed by atoms with Crippen LogP contribution in [-0.4, -0.2) is 36.8 Å². The van der Waals surface area contributed by atoms with Crippen LogP contribution in [0.1, 0.15) is 22.7 Å². The van der Waals surface area contributed by atoms with Gasteiger partial charge >= 0.3 is 0 Å². The van der Waals surface area contributed by atoms with Gasteiger partial charge in [0.15, 0.2) is 0 Å². The van der Waals surface area contributed by atoms with Crippen LogP contribution in [0.15, 0.2) is 61.2 Å². The minimum absolute atomic E-state index is 0.115. The number of likely N-dealkylation sites (tertiary alicyclic amines) is 1. The quantitative estimate of drug-likeness (QED) is 0.902. The van der Waals surface area contributed by atoms with E-state index in [1.807, 2.05) is 12.1 Å². The van der Waals surface area contributed by atoms with Crippen LogP contribution in [0.5, 0.6) is 0 Å². The number of aliphatic hydroxyl groups excluding tert-OH is 1. The third-order valence-corrected chi connectivity index (χ3v) is 6.07. The van der Waals surface area contributed by atoms with E-state index in [0.717, 1.165) is 18.7 Å². The van der Waals surface area contributed by atoms with Crippen molar-refractivity contribution >= 4 is 6.08 Å². The first kappa shape index (κ1) is 16.5. The van der Waals surface area contributed by atoms with Crippen molar-refractivity contribution in [1.82, 2.24) is 10.2 Å². The molecule has 2 N–H and O–H groups in total. The molecule has 0 bridgehead atoms. The molecular formula is C22H26N2O.